The lowest BCUT2D eigenvalue weighted by Crippen LogP contribution is -2.43. The molecule has 132 valence electrons. The summed E-state index contributed by atoms with van der Waals surface area (Å²) in [5.74, 6) is -5.92. The van der Waals surface area contributed by atoms with Gasteiger partial charge in [0.05, 0.1) is 0 Å². The Hall–Kier alpha value is -1.86. The molecule has 1 unspecified atom stereocenters. The van der Waals surface area contributed by atoms with Crippen LogP contribution in [0.5, 0.6) is 0 Å². The number of carbonyl (C=O) groups excluding carboxylic acids is 1. The van der Waals surface area contributed by atoms with Crippen LogP contribution in [-0.2, 0) is 24.8 Å². The molecule has 0 radical (unpaired) electrons. The van der Waals surface area contributed by atoms with Crippen molar-refractivity contribution in [3.63, 3.8) is 0 Å². The van der Waals surface area contributed by atoms with Crippen LogP contribution < -0.4 is 0 Å². The molecule has 24 heavy (non-hydrogen) atoms. The van der Waals surface area contributed by atoms with Gasteiger partial charge in [-0.2, -0.15) is 17.2 Å². The molecule has 0 N–H and O–H groups in total. The number of ketones is 1. The Morgan fingerprint density at radius 2 is 1.88 bits per heavy atom. The summed E-state index contributed by atoms with van der Waals surface area (Å²) in [6.45, 7) is 6.60. The summed E-state index contributed by atoms with van der Waals surface area (Å²) in [6.07, 6.45) is 0.130. The maximum absolute atomic E-state index is 14.1. The molecule has 1 aromatic rings. The first-order valence-corrected chi connectivity index (χ1v) is 8.90. The first-order chi connectivity index (χ1) is 11.2. The molecule has 0 aromatic heterocycles. The quantitative estimate of drug-likeness (QED) is 0.344. The second-order valence-corrected chi connectivity index (χ2v) is 6.76. The number of hydrogen-bond acceptors (Lipinski definition) is 4. The maximum Gasteiger partial charge on any atom is 0.335 e. The molecule has 0 spiro atoms. The Labute approximate surface area is 141 Å². The number of allylic oxidation sites excluding steroid dienone is 1. The normalized spacial score (nSPS) is 13.2. The van der Waals surface area contributed by atoms with Crippen molar-refractivity contribution in [2.75, 3.05) is 0 Å². The van der Waals surface area contributed by atoms with Crippen LogP contribution in [0, 0.1) is 0 Å². The standard InChI is InChI=1S/C17H20F2O4S/c1-3-5-7-12-15(20)17(18,19)16(4-2)23-24(21,22)13-14-10-8-6-9-11-14/h3-4,6,8-11,16H,1-2,5,7,12-13H2. The minimum Gasteiger partial charge on any atom is -0.293 e. The van der Waals surface area contributed by atoms with Crippen LogP contribution in [0.1, 0.15) is 24.8 Å². The number of halogens is 2. The smallest absolute Gasteiger partial charge is 0.293 e. The van der Waals surface area contributed by atoms with Gasteiger partial charge in [-0.25, -0.2) is 0 Å². The van der Waals surface area contributed by atoms with Crippen LogP contribution in [0.15, 0.2) is 55.6 Å². The van der Waals surface area contributed by atoms with Crippen LogP contribution >= 0.6 is 0 Å². The molecule has 0 fully saturated rings. The van der Waals surface area contributed by atoms with Gasteiger partial charge in [-0.3, -0.25) is 8.98 Å². The molecule has 4 nitrogen and oxygen atoms in total. The predicted molar refractivity (Wildman–Crippen MR) is 88.1 cm³/mol. The number of alkyl halides is 2. The highest BCUT2D eigenvalue weighted by Gasteiger charge is 2.47. The molecule has 0 bridgehead atoms. The fourth-order valence-electron chi connectivity index (χ4n) is 1.95. The van der Waals surface area contributed by atoms with Gasteiger partial charge in [-0.1, -0.05) is 42.5 Å². The van der Waals surface area contributed by atoms with Crippen molar-refractivity contribution < 1.29 is 26.2 Å². The van der Waals surface area contributed by atoms with Gasteiger partial charge in [-0.05, 0) is 18.4 Å². The van der Waals surface area contributed by atoms with Gasteiger partial charge in [-0.15, -0.1) is 13.2 Å². The van der Waals surface area contributed by atoms with E-state index in [9.17, 15) is 22.0 Å². The number of unbranched alkanes of at least 4 members (excludes halogenated alkanes) is 1. The van der Waals surface area contributed by atoms with Crippen molar-refractivity contribution in [2.24, 2.45) is 0 Å². The molecule has 1 rings (SSSR count). The molecule has 1 aromatic carbocycles. The van der Waals surface area contributed by atoms with Crippen molar-refractivity contribution in [1.82, 2.24) is 0 Å². The Morgan fingerprint density at radius 3 is 2.42 bits per heavy atom. The van der Waals surface area contributed by atoms with E-state index in [1.165, 1.54) is 18.2 Å². The number of Topliss-reactive ketones (excluding diaryl/α,β-unsaturated/α-hetero) is 1. The van der Waals surface area contributed by atoms with E-state index in [-0.39, 0.29) is 6.42 Å². The van der Waals surface area contributed by atoms with E-state index in [1.807, 2.05) is 0 Å². The van der Waals surface area contributed by atoms with Crippen molar-refractivity contribution in [2.45, 2.75) is 37.0 Å². The third-order valence-electron chi connectivity index (χ3n) is 3.19. The topological polar surface area (TPSA) is 60.4 Å². The van der Waals surface area contributed by atoms with E-state index in [1.54, 1.807) is 18.2 Å². The highest BCUT2D eigenvalue weighted by atomic mass is 32.2. The Balaban J connectivity index is 2.82. The first kappa shape index (κ1) is 20.2. The summed E-state index contributed by atoms with van der Waals surface area (Å²) < 4.78 is 56.8. The fourth-order valence-corrected chi connectivity index (χ4v) is 3.13. The fraction of sp³-hybridized carbons (Fsp3) is 0.353. The van der Waals surface area contributed by atoms with Gasteiger partial charge in [0.2, 0.25) is 5.78 Å². The number of carbonyl (C=O) groups is 1. The van der Waals surface area contributed by atoms with Crippen molar-refractivity contribution in [1.29, 1.82) is 0 Å². The zero-order valence-electron chi connectivity index (χ0n) is 13.2. The monoisotopic (exact) mass is 358 g/mol. The lowest BCUT2D eigenvalue weighted by Gasteiger charge is -2.22. The molecule has 0 aliphatic heterocycles. The van der Waals surface area contributed by atoms with Crippen LogP contribution in [0.25, 0.3) is 0 Å². The van der Waals surface area contributed by atoms with Crippen molar-refractivity contribution in [3.8, 4) is 0 Å². The Kier molecular flexibility index (Phi) is 7.44. The molecule has 0 heterocycles. The van der Waals surface area contributed by atoms with E-state index in [0.29, 0.717) is 18.1 Å². The molecular formula is C17H20F2O4S. The summed E-state index contributed by atoms with van der Waals surface area (Å²) in [6, 6.07) is 7.99. The van der Waals surface area contributed by atoms with Gasteiger partial charge in [0.1, 0.15) is 5.75 Å². The summed E-state index contributed by atoms with van der Waals surface area (Å²) >= 11 is 0. The summed E-state index contributed by atoms with van der Waals surface area (Å²) in [5, 5.41) is 0. The Bertz CT molecular complexity index is 669. The molecule has 0 amide bonds. The summed E-state index contributed by atoms with van der Waals surface area (Å²) in [7, 11) is -4.31. The van der Waals surface area contributed by atoms with Gasteiger partial charge in [0, 0.05) is 6.42 Å². The first-order valence-electron chi connectivity index (χ1n) is 7.32. The molecule has 0 saturated carbocycles. The summed E-state index contributed by atoms with van der Waals surface area (Å²) in [4.78, 5) is 11.7. The lowest BCUT2D eigenvalue weighted by molar-refractivity contribution is -0.153. The van der Waals surface area contributed by atoms with Crippen LogP contribution in [-0.4, -0.2) is 26.2 Å². The van der Waals surface area contributed by atoms with Crippen molar-refractivity contribution >= 4 is 15.9 Å². The molecule has 7 heteroatoms. The van der Waals surface area contributed by atoms with E-state index in [0.717, 1.165) is 0 Å². The van der Waals surface area contributed by atoms with E-state index in [2.05, 4.69) is 17.3 Å². The molecular weight excluding hydrogens is 338 g/mol. The highest BCUT2D eigenvalue weighted by Crippen LogP contribution is 2.28. The van der Waals surface area contributed by atoms with Gasteiger partial charge < -0.3 is 0 Å². The zero-order valence-corrected chi connectivity index (χ0v) is 14.0. The number of benzene rings is 1. The van der Waals surface area contributed by atoms with Gasteiger partial charge >= 0.3 is 5.92 Å². The maximum atomic E-state index is 14.1. The molecule has 0 aliphatic carbocycles. The minimum absolute atomic E-state index is 0.207. The van der Waals surface area contributed by atoms with Gasteiger partial charge in [0.25, 0.3) is 10.1 Å². The third-order valence-corrected chi connectivity index (χ3v) is 4.38. The Morgan fingerprint density at radius 1 is 1.25 bits per heavy atom. The van der Waals surface area contributed by atoms with Crippen LogP contribution in [0.3, 0.4) is 0 Å². The number of rotatable bonds is 11. The molecule has 0 saturated heterocycles. The average Bonchev–Trinajstić information content (AvgIpc) is 2.53. The minimum atomic E-state index is -4.31. The molecule has 0 aliphatic rings. The second kappa shape index (κ2) is 8.84. The predicted octanol–water partition coefficient (Wildman–Crippen LogP) is 3.65. The largest absolute Gasteiger partial charge is 0.335 e. The van der Waals surface area contributed by atoms with Gasteiger partial charge in [0.15, 0.2) is 6.10 Å². The number of hydrogen-bond donors (Lipinski definition) is 0. The molecule has 1 atom stereocenters. The van der Waals surface area contributed by atoms with Crippen molar-refractivity contribution in [3.05, 3.63) is 61.2 Å². The average molecular weight is 358 g/mol. The SMILES string of the molecule is C=CCCCC(=O)C(F)(F)C(C=C)OS(=O)(=O)Cc1ccccc1. The van der Waals surface area contributed by atoms with E-state index >= 15 is 0 Å². The van der Waals surface area contributed by atoms with E-state index < -0.39 is 40.1 Å². The lowest BCUT2D eigenvalue weighted by atomic mass is 10.0. The summed E-state index contributed by atoms with van der Waals surface area (Å²) in [5.41, 5.74) is 0.390. The third kappa shape index (κ3) is 5.98. The van der Waals surface area contributed by atoms with Crippen LogP contribution in [0.4, 0.5) is 8.78 Å². The van der Waals surface area contributed by atoms with E-state index in [4.69, 9.17) is 0 Å². The highest BCUT2D eigenvalue weighted by molar-refractivity contribution is 7.85. The second-order valence-electron chi connectivity index (χ2n) is 5.17. The zero-order chi connectivity index (χ0) is 18.2. The van der Waals surface area contributed by atoms with Crippen LogP contribution in [0.2, 0.25) is 0 Å².